The molecule has 1 heterocycles. The molecule has 0 aliphatic carbocycles. The normalized spacial score (nSPS) is 16.9. The van der Waals surface area contributed by atoms with Crippen molar-refractivity contribution in [1.82, 2.24) is 0 Å². The van der Waals surface area contributed by atoms with Gasteiger partial charge in [0.2, 0.25) is 0 Å². The molecule has 144 valence electrons. The van der Waals surface area contributed by atoms with Gasteiger partial charge in [-0.3, -0.25) is 4.79 Å². The van der Waals surface area contributed by atoms with Gasteiger partial charge < -0.3 is 20.7 Å². The van der Waals surface area contributed by atoms with Crippen molar-refractivity contribution in [2.24, 2.45) is 0 Å². The molecule has 3 rings (SSSR count). The van der Waals surface area contributed by atoms with Gasteiger partial charge in [-0.05, 0) is 56.5 Å². The van der Waals surface area contributed by atoms with Gasteiger partial charge in [-0.15, -0.1) is 0 Å². The van der Waals surface area contributed by atoms with E-state index in [1.807, 2.05) is 12.1 Å². The summed E-state index contributed by atoms with van der Waals surface area (Å²) in [5, 5.41) is 3.40. The van der Waals surface area contributed by atoms with Gasteiger partial charge in [-0.1, -0.05) is 23.2 Å². The first-order chi connectivity index (χ1) is 12.9. The molecule has 0 saturated carbocycles. The molecule has 0 aromatic heterocycles. The number of anilines is 3. The molecule has 27 heavy (non-hydrogen) atoms. The highest BCUT2D eigenvalue weighted by atomic mass is 35.5. The summed E-state index contributed by atoms with van der Waals surface area (Å²) in [6.45, 7) is 3.21. The first-order valence-electron chi connectivity index (χ1n) is 8.91. The Balaban J connectivity index is 1.78. The quantitative estimate of drug-likeness (QED) is 0.681. The van der Waals surface area contributed by atoms with E-state index in [1.165, 1.54) is 32.1 Å². The fourth-order valence-electron chi connectivity index (χ4n) is 3.44. The number of nitrogens with two attached hydrogens (primary N) is 1. The van der Waals surface area contributed by atoms with Crippen LogP contribution in [0, 0.1) is 0 Å². The average Bonchev–Trinajstić information content (AvgIpc) is 2.62. The summed E-state index contributed by atoms with van der Waals surface area (Å²) >= 11 is 12.2. The lowest BCUT2D eigenvalue weighted by Gasteiger charge is -2.36. The molecule has 0 bridgehead atoms. The number of ether oxygens (including phenoxy) is 1. The van der Waals surface area contributed by atoms with Crippen LogP contribution >= 0.6 is 23.2 Å². The summed E-state index contributed by atoms with van der Waals surface area (Å²) in [6, 6.07) is 9.11. The van der Waals surface area contributed by atoms with E-state index in [2.05, 4.69) is 17.1 Å². The van der Waals surface area contributed by atoms with Crippen molar-refractivity contribution in [1.29, 1.82) is 0 Å². The molecule has 1 amide bonds. The Morgan fingerprint density at radius 3 is 2.52 bits per heavy atom. The van der Waals surface area contributed by atoms with Gasteiger partial charge in [-0.2, -0.15) is 0 Å². The number of hydrogen-bond acceptors (Lipinski definition) is 4. The maximum Gasteiger partial charge on any atom is 0.255 e. The van der Waals surface area contributed by atoms with Gasteiger partial charge in [0.15, 0.2) is 5.75 Å². The number of amides is 1. The van der Waals surface area contributed by atoms with E-state index >= 15 is 0 Å². The second-order valence-corrected chi connectivity index (χ2v) is 7.55. The largest absolute Gasteiger partial charge is 0.494 e. The molecule has 0 spiro atoms. The molecule has 1 atom stereocenters. The van der Waals surface area contributed by atoms with Gasteiger partial charge >= 0.3 is 0 Å². The highest BCUT2D eigenvalue weighted by molar-refractivity contribution is 6.37. The Kier molecular flexibility index (Phi) is 6.02. The highest BCUT2D eigenvalue weighted by Crippen LogP contribution is 2.35. The van der Waals surface area contributed by atoms with Crippen molar-refractivity contribution in [3.63, 3.8) is 0 Å². The number of methoxy groups -OCH3 is 1. The molecule has 1 saturated heterocycles. The summed E-state index contributed by atoms with van der Waals surface area (Å²) in [7, 11) is 1.47. The van der Waals surface area contributed by atoms with E-state index < -0.39 is 0 Å². The van der Waals surface area contributed by atoms with Crippen LogP contribution in [0.4, 0.5) is 17.1 Å². The number of piperidine rings is 1. The number of nitrogens with zero attached hydrogens (tertiary/aromatic N) is 1. The molecule has 1 aliphatic rings. The lowest BCUT2D eigenvalue weighted by molar-refractivity contribution is 0.102. The third-order valence-electron chi connectivity index (χ3n) is 4.86. The highest BCUT2D eigenvalue weighted by Gasteiger charge is 2.21. The topological polar surface area (TPSA) is 67.6 Å². The number of carbonyl (C=O) groups excluding carboxylic acids is 1. The van der Waals surface area contributed by atoms with Crippen LogP contribution in [0.5, 0.6) is 5.75 Å². The van der Waals surface area contributed by atoms with Crippen LogP contribution in [0.25, 0.3) is 0 Å². The monoisotopic (exact) mass is 407 g/mol. The van der Waals surface area contributed by atoms with Crippen LogP contribution in [-0.4, -0.2) is 25.6 Å². The van der Waals surface area contributed by atoms with E-state index in [4.69, 9.17) is 33.7 Å². The van der Waals surface area contributed by atoms with Crippen LogP contribution in [-0.2, 0) is 0 Å². The second-order valence-electron chi connectivity index (χ2n) is 6.74. The first kappa shape index (κ1) is 19.6. The SMILES string of the molecule is COc1c(Cl)cc(C(=O)Nc2ccc(N3CCCC[C@H]3C)c(N)c2)cc1Cl. The van der Waals surface area contributed by atoms with E-state index in [1.54, 1.807) is 6.07 Å². The van der Waals surface area contributed by atoms with Crippen LogP contribution in [0.1, 0.15) is 36.5 Å². The van der Waals surface area contributed by atoms with Crippen LogP contribution in [0.3, 0.4) is 0 Å². The summed E-state index contributed by atoms with van der Waals surface area (Å²) in [5.41, 5.74) is 8.88. The number of carbonyl (C=O) groups is 1. The number of benzene rings is 2. The Morgan fingerprint density at radius 2 is 1.93 bits per heavy atom. The molecule has 1 aliphatic heterocycles. The Labute approximate surface area is 169 Å². The Morgan fingerprint density at radius 1 is 1.22 bits per heavy atom. The van der Waals surface area contributed by atoms with Crippen molar-refractivity contribution < 1.29 is 9.53 Å². The van der Waals surface area contributed by atoms with Crippen molar-refractivity contribution in [2.45, 2.75) is 32.2 Å². The fraction of sp³-hybridized carbons (Fsp3) is 0.350. The molecule has 3 N–H and O–H groups in total. The number of nitrogen functional groups attached to an aromatic ring is 1. The number of halogens is 2. The van der Waals surface area contributed by atoms with Crippen LogP contribution in [0.2, 0.25) is 10.0 Å². The third kappa shape index (κ3) is 4.25. The molecule has 0 radical (unpaired) electrons. The van der Waals surface area contributed by atoms with Crippen molar-refractivity contribution in [3.8, 4) is 5.75 Å². The van der Waals surface area contributed by atoms with Crippen LogP contribution in [0.15, 0.2) is 30.3 Å². The zero-order valence-electron chi connectivity index (χ0n) is 15.4. The Hall–Kier alpha value is -2.11. The number of hydrogen-bond donors (Lipinski definition) is 2. The van der Waals surface area contributed by atoms with Gasteiger partial charge in [0.25, 0.3) is 5.91 Å². The molecule has 0 unspecified atom stereocenters. The van der Waals surface area contributed by atoms with Crippen molar-refractivity contribution in [3.05, 3.63) is 45.9 Å². The predicted octanol–water partition coefficient (Wildman–Crippen LogP) is 5.22. The van der Waals surface area contributed by atoms with Gasteiger partial charge in [-0.25, -0.2) is 0 Å². The predicted molar refractivity (Wildman–Crippen MR) is 112 cm³/mol. The fourth-order valence-corrected chi connectivity index (χ4v) is 4.08. The van der Waals surface area contributed by atoms with E-state index in [0.29, 0.717) is 28.7 Å². The second kappa shape index (κ2) is 8.28. The van der Waals surface area contributed by atoms with E-state index in [0.717, 1.165) is 18.7 Å². The molecule has 5 nitrogen and oxygen atoms in total. The molecular weight excluding hydrogens is 385 g/mol. The van der Waals surface area contributed by atoms with Gasteiger partial charge in [0, 0.05) is 23.8 Å². The standard InChI is InChI=1S/C20H23Cl2N3O2/c1-12-5-3-4-8-25(12)18-7-6-14(11-17(18)23)24-20(26)13-9-15(21)19(27-2)16(22)10-13/h6-7,9-12H,3-5,8,23H2,1-2H3,(H,24,26)/t12-/m1/s1. The lowest BCUT2D eigenvalue weighted by atomic mass is 10.0. The third-order valence-corrected chi connectivity index (χ3v) is 5.42. The molecule has 1 fully saturated rings. The first-order valence-corrected chi connectivity index (χ1v) is 9.67. The van der Waals surface area contributed by atoms with Crippen molar-refractivity contribution >= 4 is 46.2 Å². The van der Waals surface area contributed by atoms with Crippen molar-refractivity contribution in [2.75, 3.05) is 29.6 Å². The summed E-state index contributed by atoms with van der Waals surface area (Å²) in [5.74, 6) is 0.0269. The number of nitrogens with one attached hydrogen (secondary N) is 1. The zero-order chi connectivity index (χ0) is 19.6. The molecule has 7 heteroatoms. The van der Waals surface area contributed by atoms with Gasteiger partial charge in [0.05, 0.1) is 28.5 Å². The Bertz CT molecular complexity index is 834. The van der Waals surface area contributed by atoms with Gasteiger partial charge in [0.1, 0.15) is 0 Å². The minimum absolute atomic E-state index is 0.282. The van der Waals surface area contributed by atoms with E-state index in [9.17, 15) is 4.79 Å². The maximum absolute atomic E-state index is 12.5. The summed E-state index contributed by atoms with van der Waals surface area (Å²) in [6.07, 6.45) is 3.58. The van der Waals surface area contributed by atoms with E-state index in [-0.39, 0.29) is 16.0 Å². The smallest absolute Gasteiger partial charge is 0.255 e. The summed E-state index contributed by atoms with van der Waals surface area (Å²) in [4.78, 5) is 14.9. The zero-order valence-corrected chi connectivity index (χ0v) is 16.9. The molecular formula is C20H23Cl2N3O2. The number of rotatable bonds is 4. The maximum atomic E-state index is 12.5. The molecule has 2 aromatic rings. The summed E-state index contributed by atoms with van der Waals surface area (Å²) < 4.78 is 5.11. The lowest BCUT2D eigenvalue weighted by Crippen LogP contribution is -2.37. The average molecular weight is 408 g/mol. The minimum Gasteiger partial charge on any atom is -0.494 e. The van der Waals surface area contributed by atoms with Crippen LogP contribution < -0.4 is 20.7 Å². The molecule has 2 aromatic carbocycles. The minimum atomic E-state index is -0.319.